The highest BCUT2D eigenvalue weighted by Gasteiger charge is 2.07. The third-order valence-corrected chi connectivity index (χ3v) is 3.47. The van der Waals surface area contributed by atoms with Gasteiger partial charge in [0.25, 0.3) is 0 Å². The minimum atomic E-state index is 0.131. The smallest absolute Gasteiger partial charge is 0.221 e. The average Bonchev–Trinajstić information content (AvgIpc) is 2.48. The Labute approximate surface area is 128 Å². The Morgan fingerprint density at radius 3 is 2.57 bits per heavy atom. The number of nitrogens with one attached hydrogen (secondary N) is 2. The normalized spacial score (nSPS) is 12.0. The van der Waals surface area contributed by atoms with E-state index in [1.165, 1.54) is 5.69 Å². The van der Waals surface area contributed by atoms with Crippen molar-refractivity contribution in [2.45, 2.75) is 39.7 Å². The maximum absolute atomic E-state index is 11.7. The van der Waals surface area contributed by atoms with E-state index in [9.17, 15) is 4.79 Å². The van der Waals surface area contributed by atoms with Gasteiger partial charge in [0.2, 0.25) is 5.91 Å². The van der Waals surface area contributed by atoms with Gasteiger partial charge in [0.15, 0.2) is 0 Å². The molecule has 1 atom stereocenters. The largest absolute Gasteiger partial charge is 0.372 e. The second kappa shape index (κ2) is 10.2. The lowest BCUT2D eigenvalue weighted by atomic mass is 10.2. The molecular formula is C17H29N3O. The van der Waals surface area contributed by atoms with Gasteiger partial charge in [-0.15, -0.1) is 0 Å². The highest BCUT2D eigenvalue weighted by Crippen LogP contribution is 2.12. The van der Waals surface area contributed by atoms with Crippen LogP contribution in [0.3, 0.4) is 0 Å². The molecule has 21 heavy (non-hydrogen) atoms. The van der Waals surface area contributed by atoms with Crippen LogP contribution >= 0.6 is 0 Å². The van der Waals surface area contributed by atoms with E-state index in [1.807, 2.05) is 13.0 Å². The van der Waals surface area contributed by atoms with Crippen LogP contribution < -0.4 is 15.5 Å². The summed E-state index contributed by atoms with van der Waals surface area (Å²) in [6.07, 6.45) is 1.51. The molecule has 0 bridgehead atoms. The zero-order valence-corrected chi connectivity index (χ0v) is 13.6. The van der Waals surface area contributed by atoms with Gasteiger partial charge in [-0.25, -0.2) is 0 Å². The van der Waals surface area contributed by atoms with Crippen LogP contribution in [-0.4, -0.2) is 38.1 Å². The number of para-hydroxylation sites is 1. The van der Waals surface area contributed by atoms with E-state index in [2.05, 4.69) is 53.6 Å². The Morgan fingerprint density at radius 1 is 1.24 bits per heavy atom. The summed E-state index contributed by atoms with van der Waals surface area (Å²) in [6.45, 7) is 9.83. The highest BCUT2D eigenvalue weighted by atomic mass is 16.1. The second-order valence-electron chi connectivity index (χ2n) is 5.28. The van der Waals surface area contributed by atoms with Crippen LogP contribution in [0.4, 0.5) is 5.69 Å². The third-order valence-electron chi connectivity index (χ3n) is 3.47. The zero-order valence-electron chi connectivity index (χ0n) is 13.6. The van der Waals surface area contributed by atoms with Crippen LogP contribution in [0.25, 0.3) is 0 Å². The molecule has 1 rings (SSSR count). The minimum absolute atomic E-state index is 0.131. The molecule has 4 nitrogen and oxygen atoms in total. The van der Waals surface area contributed by atoms with Crippen molar-refractivity contribution in [3.63, 3.8) is 0 Å². The van der Waals surface area contributed by atoms with Crippen molar-refractivity contribution in [3.8, 4) is 0 Å². The van der Waals surface area contributed by atoms with E-state index in [1.54, 1.807) is 0 Å². The van der Waals surface area contributed by atoms with Crippen molar-refractivity contribution in [1.29, 1.82) is 0 Å². The minimum Gasteiger partial charge on any atom is -0.372 e. The molecule has 118 valence electrons. The molecule has 0 aromatic heterocycles. The summed E-state index contributed by atoms with van der Waals surface area (Å²) in [5.74, 6) is 0.131. The van der Waals surface area contributed by atoms with E-state index < -0.39 is 0 Å². The summed E-state index contributed by atoms with van der Waals surface area (Å²) < 4.78 is 0. The second-order valence-corrected chi connectivity index (χ2v) is 5.28. The fourth-order valence-electron chi connectivity index (χ4n) is 2.38. The van der Waals surface area contributed by atoms with Crippen molar-refractivity contribution in [1.82, 2.24) is 10.6 Å². The molecule has 1 aromatic carbocycles. The first-order valence-corrected chi connectivity index (χ1v) is 7.97. The van der Waals surface area contributed by atoms with Gasteiger partial charge in [0.05, 0.1) is 0 Å². The lowest BCUT2D eigenvalue weighted by Gasteiger charge is -2.23. The Balaban J connectivity index is 2.22. The van der Waals surface area contributed by atoms with Gasteiger partial charge in [0, 0.05) is 37.8 Å². The number of carbonyl (C=O) groups excluding carboxylic acids is 1. The molecule has 0 fully saturated rings. The molecule has 0 spiro atoms. The molecule has 1 unspecified atom stereocenters. The lowest BCUT2D eigenvalue weighted by molar-refractivity contribution is -0.121. The monoisotopic (exact) mass is 291 g/mol. The number of hydrogen-bond donors (Lipinski definition) is 2. The van der Waals surface area contributed by atoms with E-state index in [0.29, 0.717) is 6.42 Å². The SMILES string of the molecule is CCNC(C)CC(=O)NCCCN(CC)c1ccccc1. The summed E-state index contributed by atoms with van der Waals surface area (Å²) in [5.41, 5.74) is 1.24. The number of rotatable bonds is 10. The van der Waals surface area contributed by atoms with Gasteiger partial charge in [0.1, 0.15) is 0 Å². The lowest BCUT2D eigenvalue weighted by Crippen LogP contribution is -2.35. The van der Waals surface area contributed by atoms with Crippen LogP contribution in [0.15, 0.2) is 30.3 Å². The Bertz CT molecular complexity index is 394. The van der Waals surface area contributed by atoms with E-state index in [4.69, 9.17) is 0 Å². The quantitative estimate of drug-likeness (QED) is 0.651. The maximum Gasteiger partial charge on any atom is 0.221 e. The van der Waals surface area contributed by atoms with Crippen molar-refractivity contribution in [3.05, 3.63) is 30.3 Å². The van der Waals surface area contributed by atoms with Crippen molar-refractivity contribution >= 4 is 11.6 Å². The van der Waals surface area contributed by atoms with Gasteiger partial charge in [-0.3, -0.25) is 4.79 Å². The van der Waals surface area contributed by atoms with Gasteiger partial charge >= 0.3 is 0 Å². The van der Waals surface area contributed by atoms with Crippen LogP contribution in [0, 0.1) is 0 Å². The predicted molar refractivity (Wildman–Crippen MR) is 89.7 cm³/mol. The standard InChI is InChI=1S/C17H29N3O/c1-4-18-15(3)14-17(21)19-12-9-13-20(5-2)16-10-7-6-8-11-16/h6-8,10-11,15,18H,4-5,9,12-14H2,1-3H3,(H,19,21). The number of anilines is 1. The van der Waals surface area contributed by atoms with Gasteiger partial charge in [-0.05, 0) is 38.9 Å². The molecule has 0 saturated carbocycles. The first-order valence-electron chi connectivity index (χ1n) is 7.97. The molecule has 0 saturated heterocycles. The third kappa shape index (κ3) is 7.14. The summed E-state index contributed by atoms with van der Waals surface area (Å²) >= 11 is 0. The number of benzene rings is 1. The van der Waals surface area contributed by atoms with E-state index in [0.717, 1.165) is 32.6 Å². The van der Waals surface area contributed by atoms with E-state index in [-0.39, 0.29) is 11.9 Å². The van der Waals surface area contributed by atoms with Gasteiger partial charge in [-0.1, -0.05) is 25.1 Å². The Hall–Kier alpha value is -1.55. The van der Waals surface area contributed by atoms with Gasteiger partial charge in [-0.2, -0.15) is 0 Å². The van der Waals surface area contributed by atoms with Crippen LogP contribution in [0.5, 0.6) is 0 Å². The molecule has 0 heterocycles. The fraction of sp³-hybridized carbons (Fsp3) is 0.588. The number of carbonyl (C=O) groups is 1. The summed E-state index contributed by atoms with van der Waals surface area (Å²) in [4.78, 5) is 14.1. The molecule has 4 heteroatoms. The van der Waals surface area contributed by atoms with Crippen LogP contribution in [0.1, 0.15) is 33.6 Å². The maximum atomic E-state index is 11.7. The topological polar surface area (TPSA) is 44.4 Å². The fourth-order valence-corrected chi connectivity index (χ4v) is 2.38. The van der Waals surface area contributed by atoms with Crippen molar-refractivity contribution in [2.24, 2.45) is 0 Å². The summed E-state index contributed by atoms with van der Waals surface area (Å²) in [7, 11) is 0. The molecule has 0 aliphatic rings. The number of nitrogens with zero attached hydrogens (tertiary/aromatic N) is 1. The average molecular weight is 291 g/mol. The summed E-state index contributed by atoms with van der Waals surface area (Å²) in [5, 5.41) is 6.24. The predicted octanol–water partition coefficient (Wildman–Crippen LogP) is 2.41. The molecule has 0 aliphatic carbocycles. The number of amides is 1. The molecule has 2 N–H and O–H groups in total. The van der Waals surface area contributed by atoms with Crippen LogP contribution in [0.2, 0.25) is 0 Å². The highest BCUT2D eigenvalue weighted by molar-refractivity contribution is 5.76. The Morgan fingerprint density at radius 2 is 1.95 bits per heavy atom. The van der Waals surface area contributed by atoms with Crippen molar-refractivity contribution in [2.75, 3.05) is 31.1 Å². The van der Waals surface area contributed by atoms with Crippen molar-refractivity contribution < 1.29 is 4.79 Å². The molecule has 0 aliphatic heterocycles. The van der Waals surface area contributed by atoms with Crippen LogP contribution in [-0.2, 0) is 4.79 Å². The van der Waals surface area contributed by atoms with Gasteiger partial charge < -0.3 is 15.5 Å². The van der Waals surface area contributed by atoms with E-state index >= 15 is 0 Å². The molecule has 1 amide bonds. The first kappa shape index (κ1) is 17.5. The summed E-state index contributed by atoms with van der Waals surface area (Å²) in [6, 6.07) is 10.6. The Kier molecular flexibility index (Phi) is 8.51. The zero-order chi connectivity index (χ0) is 15.5. The molecular weight excluding hydrogens is 262 g/mol. The number of hydrogen-bond acceptors (Lipinski definition) is 3. The first-order chi connectivity index (χ1) is 10.2. The molecule has 1 aromatic rings. The molecule has 0 radical (unpaired) electrons.